The van der Waals surface area contributed by atoms with E-state index in [-0.39, 0.29) is 0 Å². The minimum absolute atomic E-state index is 0.922. The molecular formula is C12H22N4S. The van der Waals surface area contributed by atoms with Crippen molar-refractivity contribution in [1.29, 1.82) is 0 Å². The van der Waals surface area contributed by atoms with Crippen molar-refractivity contribution < 1.29 is 0 Å². The van der Waals surface area contributed by atoms with Crippen LogP contribution in [0.1, 0.15) is 19.3 Å². The van der Waals surface area contributed by atoms with E-state index in [1.807, 2.05) is 11.8 Å². The highest BCUT2D eigenvalue weighted by Gasteiger charge is 2.27. The Morgan fingerprint density at radius 3 is 2.65 bits per heavy atom. The highest BCUT2D eigenvalue weighted by Crippen LogP contribution is 2.25. The fourth-order valence-electron chi connectivity index (χ4n) is 2.63. The van der Waals surface area contributed by atoms with Crippen LogP contribution in [-0.4, -0.2) is 66.2 Å². The molecule has 0 atom stereocenters. The van der Waals surface area contributed by atoms with Crippen molar-refractivity contribution in [1.82, 2.24) is 15.1 Å². The van der Waals surface area contributed by atoms with Gasteiger partial charge in [0.1, 0.15) is 0 Å². The molecule has 0 amide bonds. The highest BCUT2D eigenvalue weighted by molar-refractivity contribution is 8.13. The molecule has 5 heteroatoms. The molecule has 0 aromatic carbocycles. The molecule has 0 aromatic heterocycles. The van der Waals surface area contributed by atoms with Gasteiger partial charge in [-0.2, -0.15) is 0 Å². The number of nitrogens with one attached hydrogen (secondary N) is 1. The van der Waals surface area contributed by atoms with Crippen LogP contribution in [-0.2, 0) is 0 Å². The van der Waals surface area contributed by atoms with E-state index in [9.17, 15) is 0 Å². The smallest absolute Gasteiger partial charge is 0.157 e. The first kappa shape index (κ1) is 11.8. The number of amidine groups is 1. The molecule has 96 valence electrons. The van der Waals surface area contributed by atoms with Gasteiger partial charge in [-0.1, -0.05) is 18.2 Å². The van der Waals surface area contributed by atoms with E-state index in [0.717, 1.165) is 30.2 Å². The molecular weight excluding hydrogens is 232 g/mol. The molecule has 0 unspecified atom stereocenters. The van der Waals surface area contributed by atoms with Gasteiger partial charge >= 0.3 is 0 Å². The fourth-order valence-corrected chi connectivity index (χ4v) is 3.58. The van der Waals surface area contributed by atoms with Crippen LogP contribution in [0.3, 0.4) is 0 Å². The summed E-state index contributed by atoms with van der Waals surface area (Å²) in [5, 5.41) is 4.46. The highest BCUT2D eigenvalue weighted by atomic mass is 32.2. The number of aliphatic imine (C=N–C) groups is 1. The van der Waals surface area contributed by atoms with Crippen LogP contribution in [0.5, 0.6) is 0 Å². The first-order valence-electron chi connectivity index (χ1n) is 6.79. The van der Waals surface area contributed by atoms with Crippen LogP contribution in [0.15, 0.2) is 4.99 Å². The van der Waals surface area contributed by atoms with E-state index in [1.54, 1.807) is 0 Å². The van der Waals surface area contributed by atoms with E-state index < -0.39 is 0 Å². The molecule has 3 aliphatic rings. The lowest BCUT2D eigenvalue weighted by Gasteiger charge is -2.42. The second kappa shape index (κ2) is 5.59. The van der Waals surface area contributed by atoms with E-state index in [0.29, 0.717) is 0 Å². The van der Waals surface area contributed by atoms with Crippen molar-refractivity contribution in [3.63, 3.8) is 0 Å². The molecule has 2 fully saturated rings. The van der Waals surface area contributed by atoms with E-state index in [1.165, 1.54) is 45.4 Å². The SMILES string of the molecule is C1CC(N2CCN(CSC3=NCCN3)CC2)C1. The maximum absolute atomic E-state index is 4.42. The standard InChI is InChI=1S/C12H22N4S/c1-2-11(3-1)16-8-6-15(7-9-16)10-17-12-13-4-5-14-12/h11H,1-10H2,(H,13,14). The Labute approximate surface area is 108 Å². The van der Waals surface area contributed by atoms with Gasteiger partial charge in [-0.25, -0.2) is 0 Å². The molecule has 0 spiro atoms. The van der Waals surface area contributed by atoms with Crippen LogP contribution >= 0.6 is 11.8 Å². The molecule has 4 nitrogen and oxygen atoms in total. The fraction of sp³-hybridized carbons (Fsp3) is 0.917. The Morgan fingerprint density at radius 2 is 2.06 bits per heavy atom. The summed E-state index contributed by atoms with van der Waals surface area (Å²) in [5.74, 6) is 1.10. The number of rotatable bonds is 3. The zero-order valence-corrected chi connectivity index (χ0v) is 11.2. The lowest BCUT2D eigenvalue weighted by molar-refractivity contribution is 0.0698. The van der Waals surface area contributed by atoms with Gasteiger partial charge in [-0.05, 0) is 12.8 Å². The third kappa shape index (κ3) is 2.95. The first-order chi connectivity index (χ1) is 8.42. The van der Waals surface area contributed by atoms with Crippen LogP contribution in [0.4, 0.5) is 0 Å². The van der Waals surface area contributed by atoms with Gasteiger partial charge in [-0.15, -0.1) is 0 Å². The number of nitrogens with zero attached hydrogens (tertiary/aromatic N) is 3. The second-order valence-corrected chi connectivity index (χ2v) is 6.06. The Morgan fingerprint density at radius 1 is 1.24 bits per heavy atom. The lowest BCUT2D eigenvalue weighted by Crippen LogP contribution is -2.52. The largest absolute Gasteiger partial charge is 0.363 e. The van der Waals surface area contributed by atoms with Crippen LogP contribution in [0.25, 0.3) is 0 Å². The van der Waals surface area contributed by atoms with Gasteiger partial charge in [0.05, 0.1) is 12.4 Å². The molecule has 1 N–H and O–H groups in total. The third-order valence-electron chi connectivity index (χ3n) is 4.03. The summed E-state index contributed by atoms with van der Waals surface area (Å²) >= 11 is 1.87. The quantitative estimate of drug-likeness (QED) is 0.807. The van der Waals surface area contributed by atoms with Crippen molar-refractivity contribution in [3.05, 3.63) is 0 Å². The van der Waals surface area contributed by atoms with Gasteiger partial charge in [0.25, 0.3) is 0 Å². The van der Waals surface area contributed by atoms with E-state index >= 15 is 0 Å². The molecule has 0 aromatic rings. The van der Waals surface area contributed by atoms with Gasteiger partial charge in [0, 0.05) is 38.8 Å². The average molecular weight is 254 g/mol. The predicted octanol–water partition coefficient (Wildman–Crippen LogP) is 0.806. The topological polar surface area (TPSA) is 30.9 Å². The van der Waals surface area contributed by atoms with Crippen LogP contribution in [0.2, 0.25) is 0 Å². The van der Waals surface area contributed by atoms with Gasteiger partial charge in [-0.3, -0.25) is 14.8 Å². The molecule has 1 aliphatic carbocycles. The molecule has 0 radical (unpaired) electrons. The normalized spacial score (nSPS) is 27.6. The average Bonchev–Trinajstić information content (AvgIpc) is 2.79. The van der Waals surface area contributed by atoms with Crippen LogP contribution < -0.4 is 5.32 Å². The minimum atomic E-state index is 0.922. The first-order valence-corrected chi connectivity index (χ1v) is 7.78. The zero-order chi connectivity index (χ0) is 11.5. The number of thioether (sulfide) groups is 1. The Bertz CT molecular complexity index is 282. The molecule has 1 saturated heterocycles. The second-order valence-electron chi connectivity index (χ2n) is 5.13. The molecule has 3 rings (SSSR count). The number of hydrogen-bond donors (Lipinski definition) is 1. The summed E-state index contributed by atoms with van der Waals surface area (Å²) in [6.45, 7) is 6.99. The van der Waals surface area contributed by atoms with Crippen molar-refractivity contribution in [2.75, 3.05) is 45.1 Å². The van der Waals surface area contributed by atoms with E-state index in [2.05, 4.69) is 20.1 Å². The van der Waals surface area contributed by atoms with Crippen LogP contribution in [0, 0.1) is 0 Å². The minimum Gasteiger partial charge on any atom is -0.363 e. The lowest BCUT2D eigenvalue weighted by atomic mass is 9.91. The number of piperazine rings is 1. The Hall–Kier alpha value is -0.260. The van der Waals surface area contributed by atoms with Crippen molar-refractivity contribution in [3.8, 4) is 0 Å². The maximum atomic E-state index is 4.42. The Balaban J connectivity index is 1.36. The number of hydrogen-bond acceptors (Lipinski definition) is 5. The monoisotopic (exact) mass is 254 g/mol. The molecule has 0 bridgehead atoms. The summed E-state index contributed by atoms with van der Waals surface area (Å²) in [4.78, 5) is 9.67. The Kier molecular flexibility index (Phi) is 3.88. The summed E-state index contributed by atoms with van der Waals surface area (Å²) < 4.78 is 0. The van der Waals surface area contributed by atoms with Crippen molar-refractivity contribution >= 4 is 16.9 Å². The maximum Gasteiger partial charge on any atom is 0.157 e. The third-order valence-corrected chi connectivity index (χ3v) is 5.07. The van der Waals surface area contributed by atoms with Gasteiger partial charge in [0.15, 0.2) is 5.17 Å². The summed E-state index contributed by atoms with van der Waals surface area (Å²) in [5.41, 5.74) is 0. The summed E-state index contributed by atoms with van der Waals surface area (Å²) in [7, 11) is 0. The zero-order valence-electron chi connectivity index (χ0n) is 10.4. The molecule has 2 aliphatic heterocycles. The van der Waals surface area contributed by atoms with Crippen molar-refractivity contribution in [2.45, 2.75) is 25.3 Å². The van der Waals surface area contributed by atoms with Crippen molar-refractivity contribution in [2.24, 2.45) is 4.99 Å². The summed E-state index contributed by atoms with van der Waals surface area (Å²) in [6.07, 6.45) is 4.33. The summed E-state index contributed by atoms with van der Waals surface area (Å²) in [6, 6.07) is 0.922. The van der Waals surface area contributed by atoms with Gasteiger partial charge < -0.3 is 5.32 Å². The molecule has 17 heavy (non-hydrogen) atoms. The predicted molar refractivity (Wildman–Crippen MR) is 73.5 cm³/mol. The molecule has 1 saturated carbocycles. The van der Waals surface area contributed by atoms with Gasteiger partial charge in [0.2, 0.25) is 0 Å². The molecule has 2 heterocycles. The van der Waals surface area contributed by atoms with E-state index in [4.69, 9.17) is 0 Å².